The second kappa shape index (κ2) is 4.66. The Kier molecular flexibility index (Phi) is 4.18. The van der Waals surface area contributed by atoms with E-state index < -0.39 is 0 Å². The molecule has 11 heavy (non-hydrogen) atoms. The molecule has 0 atom stereocenters. The van der Waals surface area contributed by atoms with Crippen molar-refractivity contribution in [2.75, 3.05) is 6.54 Å². The summed E-state index contributed by atoms with van der Waals surface area (Å²) in [5.74, 6) is 0. The summed E-state index contributed by atoms with van der Waals surface area (Å²) < 4.78 is 0. The van der Waals surface area contributed by atoms with Crippen LogP contribution in [0.25, 0.3) is 0 Å². The molecule has 0 amide bonds. The average molecular weight is 155 g/mol. The topological polar surface area (TPSA) is 64.1 Å². The third kappa shape index (κ3) is 4.31. The van der Waals surface area contributed by atoms with Crippen LogP contribution in [0, 0.1) is 0 Å². The SMILES string of the molecule is C/C=C(\N)CN/C(C)=C(/C)N. The third-order valence-electron chi connectivity index (χ3n) is 1.52. The lowest BCUT2D eigenvalue weighted by Crippen LogP contribution is -2.21. The summed E-state index contributed by atoms with van der Waals surface area (Å²) in [7, 11) is 0. The molecule has 64 valence electrons. The zero-order valence-corrected chi connectivity index (χ0v) is 7.44. The second-order valence-corrected chi connectivity index (χ2v) is 2.53. The summed E-state index contributed by atoms with van der Waals surface area (Å²) in [5, 5.41) is 3.09. The van der Waals surface area contributed by atoms with E-state index in [0.717, 1.165) is 17.1 Å². The zero-order valence-electron chi connectivity index (χ0n) is 7.44. The van der Waals surface area contributed by atoms with Gasteiger partial charge in [0.25, 0.3) is 0 Å². The number of rotatable bonds is 3. The molecule has 0 aromatic rings. The first-order chi connectivity index (χ1) is 5.07. The van der Waals surface area contributed by atoms with Crippen LogP contribution in [-0.2, 0) is 0 Å². The van der Waals surface area contributed by atoms with Crippen molar-refractivity contribution in [2.24, 2.45) is 11.5 Å². The van der Waals surface area contributed by atoms with Crippen molar-refractivity contribution < 1.29 is 0 Å². The Balaban J connectivity index is 3.82. The summed E-state index contributed by atoms with van der Waals surface area (Å²) >= 11 is 0. The van der Waals surface area contributed by atoms with Crippen LogP contribution in [0.15, 0.2) is 23.2 Å². The van der Waals surface area contributed by atoms with E-state index >= 15 is 0 Å². The number of hydrogen-bond acceptors (Lipinski definition) is 3. The molecule has 0 aromatic heterocycles. The van der Waals surface area contributed by atoms with Gasteiger partial charge in [0.1, 0.15) is 0 Å². The molecule has 0 unspecified atom stereocenters. The van der Waals surface area contributed by atoms with Gasteiger partial charge in [0.2, 0.25) is 0 Å². The van der Waals surface area contributed by atoms with Crippen LogP contribution in [0.5, 0.6) is 0 Å². The van der Waals surface area contributed by atoms with Gasteiger partial charge in [-0.2, -0.15) is 0 Å². The summed E-state index contributed by atoms with van der Waals surface area (Å²) in [4.78, 5) is 0. The molecule has 0 rings (SSSR count). The van der Waals surface area contributed by atoms with Crippen molar-refractivity contribution in [3.63, 3.8) is 0 Å². The standard InChI is InChI=1S/C8H17N3/c1-4-8(10)5-11-7(3)6(2)9/h4,11H,5,9-10H2,1-3H3/b7-6-,8-4-. The van der Waals surface area contributed by atoms with Gasteiger partial charge in [0, 0.05) is 17.1 Å². The van der Waals surface area contributed by atoms with Crippen LogP contribution in [0.1, 0.15) is 20.8 Å². The molecular formula is C8H17N3. The van der Waals surface area contributed by atoms with Crippen LogP contribution in [-0.4, -0.2) is 6.54 Å². The molecule has 0 spiro atoms. The predicted molar refractivity (Wildman–Crippen MR) is 48.5 cm³/mol. The first kappa shape index (κ1) is 9.88. The maximum absolute atomic E-state index is 5.56. The largest absolute Gasteiger partial charge is 0.401 e. The molecule has 0 aliphatic carbocycles. The van der Waals surface area contributed by atoms with Crippen LogP contribution < -0.4 is 16.8 Å². The Morgan fingerprint density at radius 2 is 1.91 bits per heavy atom. The van der Waals surface area contributed by atoms with Gasteiger partial charge >= 0.3 is 0 Å². The fourth-order valence-corrected chi connectivity index (χ4v) is 0.476. The molecule has 0 fully saturated rings. The lowest BCUT2D eigenvalue weighted by Gasteiger charge is -2.07. The maximum Gasteiger partial charge on any atom is 0.0540 e. The van der Waals surface area contributed by atoms with E-state index in [2.05, 4.69) is 5.32 Å². The summed E-state index contributed by atoms with van der Waals surface area (Å²) in [6.07, 6.45) is 1.87. The van der Waals surface area contributed by atoms with Gasteiger partial charge in [-0.3, -0.25) is 0 Å². The summed E-state index contributed by atoms with van der Waals surface area (Å²) in [6, 6.07) is 0. The molecule has 3 nitrogen and oxygen atoms in total. The highest BCUT2D eigenvalue weighted by atomic mass is 14.9. The average Bonchev–Trinajstić information content (AvgIpc) is 1.99. The summed E-state index contributed by atoms with van der Waals surface area (Å²) in [6.45, 7) is 6.36. The molecule has 0 radical (unpaired) electrons. The maximum atomic E-state index is 5.56. The molecule has 0 aliphatic heterocycles. The minimum Gasteiger partial charge on any atom is -0.401 e. The Hall–Kier alpha value is -1.12. The van der Waals surface area contributed by atoms with Gasteiger partial charge < -0.3 is 16.8 Å². The van der Waals surface area contributed by atoms with Gasteiger partial charge in [-0.05, 0) is 20.8 Å². The number of hydrogen-bond donors (Lipinski definition) is 3. The van der Waals surface area contributed by atoms with E-state index in [4.69, 9.17) is 11.5 Å². The van der Waals surface area contributed by atoms with Gasteiger partial charge in [0.15, 0.2) is 0 Å². The van der Waals surface area contributed by atoms with Crippen LogP contribution in [0.2, 0.25) is 0 Å². The fraction of sp³-hybridized carbons (Fsp3) is 0.500. The first-order valence-corrected chi connectivity index (χ1v) is 3.65. The van der Waals surface area contributed by atoms with Crippen LogP contribution >= 0.6 is 0 Å². The number of nitrogens with two attached hydrogens (primary N) is 2. The highest BCUT2D eigenvalue weighted by Crippen LogP contribution is 1.91. The molecule has 0 aromatic carbocycles. The monoisotopic (exact) mass is 155 g/mol. The van der Waals surface area contributed by atoms with E-state index in [-0.39, 0.29) is 0 Å². The quantitative estimate of drug-likeness (QED) is 0.560. The first-order valence-electron chi connectivity index (χ1n) is 3.65. The normalized spacial score (nSPS) is 14.3. The lowest BCUT2D eigenvalue weighted by atomic mass is 10.3. The third-order valence-corrected chi connectivity index (χ3v) is 1.52. The Morgan fingerprint density at radius 1 is 1.36 bits per heavy atom. The minimum atomic E-state index is 0.664. The number of allylic oxidation sites excluding steroid dienone is 3. The highest BCUT2D eigenvalue weighted by molar-refractivity contribution is 5.07. The molecule has 0 saturated heterocycles. The minimum absolute atomic E-state index is 0.664. The molecular weight excluding hydrogens is 138 g/mol. The van der Waals surface area contributed by atoms with Crippen molar-refractivity contribution in [2.45, 2.75) is 20.8 Å². The van der Waals surface area contributed by atoms with Gasteiger partial charge in [-0.1, -0.05) is 6.08 Å². The molecule has 0 heterocycles. The predicted octanol–water partition coefficient (Wildman–Crippen LogP) is 0.649. The highest BCUT2D eigenvalue weighted by Gasteiger charge is 1.91. The molecule has 0 aliphatic rings. The van der Waals surface area contributed by atoms with E-state index in [1.54, 1.807) is 0 Å². The van der Waals surface area contributed by atoms with Crippen molar-refractivity contribution in [1.29, 1.82) is 0 Å². The van der Waals surface area contributed by atoms with E-state index in [0.29, 0.717) is 6.54 Å². The molecule has 3 heteroatoms. The number of nitrogens with one attached hydrogen (secondary N) is 1. The molecule has 5 N–H and O–H groups in total. The molecule has 0 saturated carbocycles. The van der Waals surface area contributed by atoms with E-state index in [1.165, 1.54) is 0 Å². The van der Waals surface area contributed by atoms with Gasteiger partial charge in [0.05, 0.1) is 6.54 Å². The van der Waals surface area contributed by atoms with Crippen LogP contribution in [0.3, 0.4) is 0 Å². The second-order valence-electron chi connectivity index (χ2n) is 2.53. The van der Waals surface area contributed by atoms with Crippen LogP contribution in [0.4, 0.5) is 0 Å². The van der Waals surface area contributed by atoms with Crippen molar-refractivity contribution >= 4 is 0 Å². The molecule has 0 bridgehead atoms. The Morgan fingerprint density at radius 3 is 2.27 bits per heavy atom. The van der Waals surface area contributed by atoms with Crippen molar-refractivity contribution in [3.8, 4) is 0 Å². The van der Waals surface area contributed by atoms with E-state index in [1.807, 2.05) is 26.8 Å². The smallest absolute Gasteiger partial charge is 0.0540 e. The zero-order chi connectivity index (χ0) is 8.85. The Labute approximate surface area is 68.1 Å². The van der Waals surface area contributed by atoms with Gasteiger partial charge in [-0.25, -0.2) is 0 Å². The van der Waals surface area contributed by atoms with E-state index in [9.17, 15) is 0 Å². The summed E-state index contributed by atoms with van der Waals surface area (Å²) in [5.41, 5.74) is 13.7. The van der Waals surface area contributed by atoms with Gasteiger partial charge in [-0.15, -0.1) is 0 Å². The van der Waals surface area contributed by atoms with Crippen molar-refractivity contribution in [3.05, 3.63) is 23.2 Å². The van der Waals surface area contributed by atoms with Crippen molar-refractivity contribution in [1.82, 2.24) is 5.32 Å². The Bertz CT molecular complexity index is 176. The fourth-order valence-electron chi connectivity index (χ4n) is 0.476. The lowest BCUT2D eigenvalue weighted by molar-refractivity contribution is 0.840.